The Bertz CT molecular complexity index is 486. The van der Waals surface area contributed by atoms with Crippen LogP contribution in [0.5, 0.6) is 0 Å². The first-order valence-corrected chi connectivity index (χ1v) is 6.75. The fourth-order valence-corrected chi connectivity index (χ4v) is 2.38. The summed E-state index contributed by atoms with van der Waals surface area (Å²) in [6, 6.07) is 2.19. The predicted molar refractivity (Wildman–Crippen MR) is 61.7 cm³/mol. The molecule has 1 aromatic rings. The zero-order valence-corrected chi connectivity index (χ0v) is 10.4. The number of carbonyl (C=O) groups is 1. The van der Waals surface area contributed by atoms with E-state index in [4.69, 9.17) is 5.11 Å². The summed E-state index contributed by atoms with van der Waals surface area (Å²) in [5, 5.41) is 8.88. The van der Waals surface area contributed by atoms with Gasteiger partial charge in [0.25, 0.3) is 0 Å². The van der Waals surface area contributed by atoms with E-state index in [2.05, 4.69) is 4.98 Å². The second-order valence-corrected chi connectivity index (χ2v) is 5.61. The summed E-state index contributed by atoms with van der Waals surface area (Å²) >= 11 is 0. The molecule has 0 saturated carbocycles. The van der Waals surface area contributed by atoms with Crippen molar-refractivity contribution in [3.05, 3.63) is 30.1 Å². The number of aliphatic carboxylic acids is 1. The number of carboxylic acids is 1. The van der Waals surface area contributed by atoms with Gasteiger partial charge in [-0.05, 0) is 24.6 Å². The van der Waals surface area contributed by atoms with Crippen LogP contribution >= 0.6 is 0 Å². The molecule has 6 nitrogen and oxygen atoms in total. The number of aromatic nitrogens is 1. The monoisotopic (exact) mass is 258 g/mol. The van der Waals surface area contributed by atoms with Crippen LogP contribution in [-0.2, 0) is 21.4 Å². The van der Waals surface area contributed by atoms with Gasteiger partial charge in [0.1, 0.15) is 6.04 Å². The molecule has 17 heavy (non-hydrogen) atoms. The summed E-state index contributed by atoms with van der Waals surface area (Å²) in [5.41, 5.74) is 0.693. The normalized spacial score (nSPS) is 13.6. The van der Waals surface area contributed by atoms with Gasteiger partial charge in [-0.2, -0.15) is 4.31 Å². The van der Waals surface area contributed by atoms with E-state index in [9.17, 15) is 13.2 Å². The van der Waals surface area contributed by atoms with Crippen LogP contribution < -0.4 is 0 Å². The van der Waals surface area contributed by atoms with Gasteiger partial charge in [0.15, 0.2) is 0 Å². The molecular formula is C10H14N2O4S. The number of pyridine rings is 1. The van der Waals surface area contributed by atoms with Gasteiger partial charge in [-0.15, -0.1) is 0 Å². The Labute approximate surface area is 100.0 Å². The molecule has 0 saturated heterocycles. The first-order chi connectivity index (χ1) is 7.82. The Morgan fingerprint density at radius 1 is 1.47 bits per heavy atom. The van der Waals surface area contributed by atoms with Gasteiger partial charge >= 0.3 is 5.97 Å². The van der Waals surface area contributed by atoms with Crippen LogP contribution in [-0.4, -0.2) is 41.1 Å². The zero-order chi connectivity index (χ0) is 13.1. The Balaban J connectivity index is 2.98. The molecule has 1 aromatic heterocycles. The SMILES string of the molecule is CC(C(=O)O)N(Cc1ccncc1)S(C)(=O)=O. The van der Waals surface area contributed by atoms with Crippen LogP contribution in [0.4, 0.5) is 0 Å². The molecule has 1 rings (SSSR count). The highest BCUT2D eigenvalue weighted by atomic mass is 32.2. The van der Waals surface area contributed by atoms with Crippen molar-refractivity contribution >= 4 is 16.0 Å². The summed E-state index contributed by atoms with van der Waals surface area (Å²) < 4.78 is 24.0. The van der Waals surface area contributed by atoms with Crippen LogP contribution in [0.3, 0.4) is 0 Å². The molecule has 1 atom stereocenters. The minimum atomic E-state index is -3.58. The third-order valence-electron chi connectivity index (χ3n) is 2.30. The molecule has 0 aliphatic heterocycles. The minimum Gasteiger partial charge on any atom is -0.480 e. The fraction of sp³-hybridized carbons (Fsp3) is 0.400. The topological polar surface area (TPSA) is 87.6 Å². The van der Waals surface area contributed by atoms with Gasteiger partial charge in [0.05, 0.1) is 6.26 Å². The molecule has 0 aliphatic carbocycles. The Hall–Kier alpha value is -1.47. The smallest absolute Gasteiger partial charge is 0.321 e. The lowest BCUT2D eigenvalue weighted by Crippen LogP contribution is -2.42. The van der Waals surface area contributed by atoms with Gasteiger partial charge in [0, 0.05) is 18.9 Å². The van der Waals surface area contributed by atoms with Crippen molar-refractivity contribution in [2.75, 3.05) is 6.26 Å². The summed E-state index contributed by atoms with van der Waals surface area (Å²) in [5.74, 6) is -1.18. The van der Waals surface area contributed by atoms with E-state index in [1.165, 1.54) is 19.3 Å². The maximum absolute atomic E-state index is 11.5. The largest absolute Gasteiger partial charge is 0.480 e. The first-order valence-electron chi connectivity index (χ1n) is 4.91. The molecule has 0 spiro atoms. The third-order valence-corrected chi connectivity index (χ3v) is 3.60. The molecule has 0 aromatic carbocycles. The molecule has 7 heteroatoms. The second kappa shape index (κ2) is 5.24. The van der Waals surface area contributed by atoms with E-state index in [0.717, 1.165) is 10.6 Å². The number of carboxylic acid groups (broad SMARTS) is 1. The van der Waals surface area contributed by atoms with Crippen molar-refractivity contribution in [2.24, 2.45) is 0 Å². The quantitative estimate of drug-likeness (QED) is 0.821. The highest BCUT2D eigenvalue weighted by Gasteiger charge is 2.28. The number of sulfonamides is 1. The van der Waals surface area contributed by atoms with E-state index in [-0.39, 0.29) is 6.54 Å². The van der Waals surface area contributed by atoms with Crippen LogP contribution in [0.15, 0.2) is 24.5 Å². The standard InChI is InChI=1S/C10H14N2O4S/c1-8(10(13)14)12(17(2,15)16)7-9-3-5-11-6-4-9/h3-6,8H,7H2,1-2H3,(H,13,14). The number of nitrogens with zero attached hydrogens (tertiary/aromatic N) is 2. The van der Waals surface area contributed by atoms with Crippen molar-refractivity contribution < 1.29 is 18.3 Å². The number of hydrogen-bond acceptors (Lipinski definition) is 4. The van der Waals surface area contributed by atoms with Crippen LogP contribution in [0.1, 0.15) is 12.5 Å². The lowest BCUT2D eigenvalue weighted by Gasteiger charge is -2.23. The van der Waals surface area contributed by atoms with Gasteiger partial charge in [-0.25, -0.2) is 8.42 Å². The van der Waals surface area contributed by atoms with Gasteiger partial charge < -0.3 is 5.11 Å². The van der Waals surface area contributed by atoms with E-state index in [1.807, 2.05) is 0 Å². The molecule has 0 radical (unpaired) electrons. The van der Waals surface area contributed by atoms with E-state index >= 15 is 0 Å². The van der Waals surface area contributed by atoms with Crippen LogP contribution in [0, 0.1) is 0 Å². The first kappa shape index (κ1) is 13.6. The van der Waals surface area contributed by atoms with Crippen LogP contribution in [0.2, 0.25) is 0 Å². The van der Waals surface area contributed by atoms with Crippen molar-refractivity contribution in [2.45, 2.75) is 19.5 Å². The summed E-state index contributed by atoms with van der Waals surface area (Å²) in [4.78, 5) is 14.7. The van der Waals surface area contributed by atoms with Crippen LogP contribution in [0.25, 0.3) is 0 Å². The average Bonchev–Trinajstić information content (AvgIpc) is 2.24. The van der Waals surface area contributed by atoms with Crippen molar-refractivity contribution in [3.8, 4) is 0 Å². The molecule has 0 amide bonds. The molecule has 1 heterocycles. The van der Waals surface area contributed by atoms with Gasteiger partial charge in [-0.3, -0.25) is 9.78 Å². The van der Waals surface area contributed by atoms with Crippen molar-refractivity contribution in [1.82, 2.24) is 9.29 Å². The minimum absolute atomic E-state index is 0.0226. The second-order valence-electron chi connectivity index (χ2n) is 3.68. The maximum atomic E-state index is 11.5. The average molecular weight is 258 g/mol. The van der Waals surface area contributed by atoms with E-state index < -0.39 is 22.0 Å². The Morgan fingerprint density at radius 3 is 2.41 bits per heavy atom. The Morgan fingerprint density at radius 2 is 2.00 bits per heavy atom. The maximum Gasteiger partial charge on any atom is 0.321 e. The van der Waals surface area contributed by atoms with Crippen molar-refractivity contribution in [3.63, 3.8) is 0 Å². The molecular weight excluding hydrogens is 244 g/mol. The lowest BCUT2D eigenvalue weighted by molar-refractivity contribution is -0.141. The highest BCUT2D eigenvalue weighted by Crippen LogP contribution is 2.12. The summed E-state index contributed by atoms with van der Waals surface area (Å²) in [6.07, 6.45) is 4.05. The molecule has 94 valence electrons. The molecule has 0 aliphatic rings. The molecule has 0 bridgehead atoms. The summed E-state index contributed by atoms with van der Waals surface area (Å²) in [7, 11) is -3.58. The fourth-order valence-electron chi connectivity index (χ4n) is 1.33. The van der Waals surface area contributed by atoms with Gasteiger partial charge in [-0.1, -0.05) is 0 Å². The van der Waals surface area contributed by atoms with E-state index in [1.54, 1.807) is 12.1 Å². The molecule has 0 fully saturated rings. The van der Waals surface area contributed by atoms with E-state index in [0.29, 0.717) is 5.56 Å². The lowest BCUT2D eigenvalue weighted by atomic mass is 10.2. The predicted octanol–water partition coefficient (Wildman–Crippen LogP) is 0.316. The molecule has 1 N–H and O–H groups in total. The zero-order valence-electron chi connectivity index (χ0n) is 9.57. The third kappa shape index (κ3) is 3.79. The van der Waals surface area contributed by atoms with Crippen molar-refractivity contribution in [1.29, 1.82) is 0 Å². The highest BCUT2D eigenvalue weighted by molar-refractivity contribution is 7.88. The Kier molecular flexibility index (Phi) is 4.19. The number of hydrogen-bond donors (Lipinski definition) is 1. The summed E-state index contributed by atoms with van der Waals surface area (Å²) in [6.45, 7) is 1.36. The van der Waals surface area contributed by atoms with Gasteiger partial charge in [0.2, 0.25) is 10.0 Å². The molecule has 1 unspecified atom stereocenters. The number of rotatable bonds is 5.